The van der Waals surface area contributed by atoms with Crippen LogP contribution in [-0.4, -0.2) is 43.1 Å². The van der Waals surface area contributed by atoms with Gasteiger partial charge in [-0.1, -0.05) is 75.2 Å². The lowest BCUT2D eigenvalue weighted by Crippen LogP contribution is -2.57. The summed E-state index contributed by atoms with van der Waals surface area (Å²) < 4.78 is 12.9. The second kappa shape index (κ2) is 11.4. The number of benzene rings is 2. The second-order valence-corrected chi connectivity index (χ2v) is 12.8. The van der Waals surface area contributed by atoms with Gasteiger partial charge in [-0.05, 0) is 48.2 Å². The zero-order chi connectivity index (χ0) is 25.9. The number of likely N-dealkylation sites (tertiary alicyclic amines) is 1. The molecule has 2 unspecified atom stereocenters. The molecule has 1 amide bonds. The van der Waals surface area contributed by atoms with Crippen LogP contribution in [0.2, 0.25) is 10.0 Å². The lowest BCUT2D eigenvalue weighted by Gasteiger charge is -2.52. The van der Waals surface area contributed by atoms with E-state index in [1.165, 1.54) is 0 Å². The molecule has 1 N–H and O–H groups in total. The number of amides is 1. The van der Waals surface area contributed by atoms with Crippen molar-refractivity contribution in [1.29, 1.82) is 0 Å². The van der Waals surface area contributed by atoms with Gasteiger partial charge in [-0.25, -0.2) is 0 Å². The van der Waals surface area contributed by atoms with Crippen LogP contribution in [0.4, 0.5) is 0 Å². The van der Waals surface area contributed by atoms with Crippen LogP contribution in [0.5, 0.6) is 0 Å². The van der Waals surface area contributed by atoms with E-state index in [2.05, 4.69) is 0 Å². The Hall–Kier alpha value is -1.89. The van der Waals surface area contributed by atoms with Gasteiger partial charge in [-0.3, -0.25) is 13.8 Å². The molecule has 0 saturated carbocycles. The molecule has 5 nitrogen and oxygen atoms in total. The smallest absolute Gasteiger partial charge is 0.304 e. The largest absolute Gasteiger partial charge is 0.481 e. The minimum Gasteiger partial charge on any atom is -0.481 e. The Balaban J connectivity index is 2.23. The summed E-state index contributed by atoms with van der Waals surface area (Å²) in [6.45, 7) is 7.52. The maximum absolute atomic E-state index is 14.1. The van der Waals surface area contributed by atoms with Crippen molar-refractivity contribution in [2.75, 3.05) is 5.75 Å². The van der Waals surface area contributed by atoms with E-state index in [9.17, 15) is 18.9 Å². The molecule has 0 aliphatic carbocycles. The van der Waals surface area contributed by atoms with Crippen molar-refractivity contribution in [3.63, 3.8) is 0 Å². The van der Waals surface area contributed by atoms with E-state index in [1.54, 1.807) is 25.1 Å². The van der Waals surface area contributed by atoms with Gasteiger partial charge in [0.1, 0.15) is 0 Å². The first-order valence-corrected chi connectivity index (χ1v) is 14.0. The number of carboxylic acids is 1. The van der Waals surface area contributed by atoms with Gasteiger partial charge in [-0.15, -0.1) is 0 Å². The number of hydrogen-bond acceptors (Lipinski definition) is 3. The SMILES string of the molecule is CCC(C[S@](=O)C(C)C)N1C(=O)[C@@](C)(CC(=O)O)CC(c2cccc(Cl)c2)[C@H]1c1ccc(Cl)cc1. The van der Waals surface area contributed by atoms with Crippen molar-refractivity contribution >= 4 is 45.9 Å². The van der Waals surface area contributed by atoms with E-state index in [-0.39, 0.29) is 35.6 Å². The number of carbonyl (C=O) groups is 2. The fourth-order valence-electron chi connectivity index (χ4n) is 5.06. The van der Waals surface area contributed by atoms with Crippen LogP contribution < -0.4 is 0 Å². The van der Waals surface area contributed by atoms with Crippen molar-refractivity contribution in [3.05, 3.63) is 69.7 Å². The molecule has 1 fully saturated rings. The summed E-state index contributed by atoms with van der Waals surface area (Å²) in [5.74, 6) is -1.12. The van der Waals surface area contributed by atoms with Crippen molar-refractivity contribution in [2.45, 2.75) is 70.2 Å². The van der Waals surface area contributed by atoms with Crippen LogP contribution in [0, 0.1) is 5.41 Å². The van der Waals surface area contributed by atoms with Crippen LogP contribution in [0.3, 0.4) is 0 Å². The third-order valence-corrected chi connectivity index (χ3v) is 9.13. The fraction of sp³-hybridized carbons (Fsp3) is 0.481. The minimum absolute atomic E-state index is 0.0490. The maximum atomic E-state index is 14.1. The van der Waals surface area contributed by atoms with Crippen molar-refractivity contribution < 1.29 is 18.9 Å². The molecule has 1 aliphatic heterocycles. The van der Waals surface area contributed by atoms with Gasteiger partial charge in [0.2, 0.25) is 5.91 Å². The highest BCUT2D eigenvalue weighted by atomic mass is 35.5. The average Bonchev–Trinajstić information content (AvgIpc) is 2.79. The number of piperidine rings is 1. The van der Waals surface area contributed by atoms with E-state index in [4.69, 9.17) is 23.2 Å². The standard InChI is InChI=1S/C27H33Cl2NO4S/c1-5-22(16-35(34)17(2)3)30-25(18-9-11-20(28)12-10-18)23(19-7-6-8-21(29)13-19)14-27(4,26(30)33)15-24(31)32/h6-13,17,22-23,25H,5,14-16H2,1-4H3,(H,31,32)/t22?,23?,25-,27-,35+/m1/s1. The summed E-state index contributed by atoms with van der Waals surface area (Å²) in [7, 11) is -1.14. The Morgan fingerprint density at radius 1 is 1.14 bits per heavy atom. The van der Waals surface area contributed by atoms with Crippen LogP contribution in [-0.2, 0) is 20.4 Å². The molecule has 5 atom stereocenters. The first-order chi connectivity index (χ1) is 16.5. The highest BCUT2D eigenvalue weighted by Gasteiger charge is 2.52. The zero-order valence-corrected chi connectivity index (χ0v) is 22.9. The van der Waals surface area contributed by atoms with Crippen molar-refractivity contribution in [3.8, 4) is 0 Å². The van der Waals surface area contributed by atoms with E-state index in [1.807, 2.05) is 56.0 Å². The van der Waals surface area contributed by atoms with Gasteiger partial charge in [-0.2, -0.15) is 0 Å². The van der Waals surface area contributed by atoms with Crippen LogP contribution in [0.25, 0.3) is 0 Å². The Bertz CT molecular complexity index is 1090. The number of rotatable bonds is 9. The molecular formula is C27H33Cl2NO4S. The second-order valence-electron chi connectivity index (χ2n) is 9.86. The van der Waals surface area contributed by atoms with Gasteiger partial charge in [0.15, 0.2) is 0 Å². The molecule has 0 aromatic heterocycles. The monoisotopic (exact) mass is 537 g/mol. The highest BCUT2D eigenvalue weighted by Crippen LogP contribution is 2.52. The molecule has 1 heterocycles. The molecule has 190 valence electrons. The lowest BCUT2D eigenvalue weighted by atomic mass is 9.67. The third-order valence-electron chi connectivity index (χ3n) is 6.88. The molecule has 0 radical (unpaired) electrons. The quantitative estimate of drug-likeness (QED) is 0.397. The average molecular weight is 539 g/mol. The van der Waals surface area contributed by atoms with Crippen molar-refractivity contribution in [1.82, 2.24) is 4.90 Å². The van der Waals surface area contributed by atoms with Crippen LogP contribution >= 0.6 is 23.2 Å². The number of carbonyl (C=O) groups excluding carboxylic acids is 1. The number of carboxylic acid groups (broad SMARTS) is 1. The lowest BCUT2D eigenvalue weighted by molar-refractivity contribution is -0.160. The summed E-state index contributed by atoms with van der Waals surface area (Å²) in [6, 6.07) is 14.3. The van der Waals surface area contributed by atoms with E-state index < -0.39 is 22.2 Å². The van der Waals surface area contributed by atoms with Gasteiger partial charge in [0.05, 0.1) is 17.9 Å². The normalized spacial score (nSPS) is 24.4. The number of nitrogens with zero attached hydrogens (tertiary/aromatic N) is 1. The van der Waals surface area contributed by atoms with E-state index >= 15 is 0 Å². The summed E-state index contributed by atoms with van der Waals surface area (Å²) in [5.41, 5.74) is 0.722. The Kier molecular flexibility index (Phi) is 9.06. The first kappa shape index (κ1) is 27.7. The van der Waals surface area contributed by atoms with Crippen LogP contribution in [0.15, 0.2) is 48.5 Å². The molecule has 1 saturated heterocycles. The fourth-order valence-corrected chi connectivity index (χ4v) is 6.54. The summed E-state index contributed by atoms with van der Waals surface area (Å²) in [4.78, 5) is 27.8. The summed E-state index contributed by atoms with van der Waals surface area (Å²) >= 11 is 12.5. The molecule has 3 rings (SSSR count). The highest BCUT2D eigenvalue weighted by molar-refractivity contribution is 7.85. The molecule has 1 aliphatic rings. The number of halogens is 2. The van der Waals surface area contributed by atoms with Gasteiger partial charge < -0.3 is 10.0 Å². The first-order valence-electron chi connectivity index (χ1n) is 11.9. The zero-order valence-electron chi connectivity index (χ0n) is 20.5. The molecule has 0 spiro atoms. The molecule has 2 aromatic carbocycles. The maximum Gasteiger partial charge on any atom is 0.304 e. The molecule has 35 heavy (non-hydrogen) atoms. The minimum atomic E-state index is -1.14. The third kappa shape index (κ3) is 6.28. The van der Waals surface area contributed by atoms with E-state index in [0.717, 1.165) is 11.1 Å². The topological polar surface area (TPSA) is 74.7 Å². The van der Waals surface area contributed by atoms with Crippen LogP contribution in [0.1, 0.15) is 70.0 Å². The van der Waals surface area contributed by atoms with Gasteiger partial charge in [0, 0.05) is 43.8 Å². The summed E-state index contributed by atoms with van der Waals surface area (Å²) in [6.07, 6.45) is 0.669. The van der Waals surface area contributed by atoms with Gasteiger partial charge in [0.25, 0.3) is 0 Å². The molecular weight excluding hydrogens is 505 g/mol. The summed E-state index contributed by atoms with van der Waals surface area (Å²) in [5, 5.41) is 10.8. The predicted molar refractivity (Wildman–Crippen MR) is 142 cm³/mol. The van der Waals surface area contributed by atoms with Crippen molar-refractivity contribution in [2.24, 2.45) is 5.41 Å². The Morgan fingerprint density at radius 2 is 1.80 bits per heavy atom. The number of aliphatic carboxylic acids is 1. The van der Waals surface area contributed by atoms with Gasteiger partial charge >= 0.3 is 5.97 Å². The number of hydrogen-bond donors (Lipinski definition) is 1. The van der Waals surface area contributed by atoms with E-state index in [0.29, 0.717) is 28.6 Å². The Morgan fingerprint density at radius 3 is 2.34 bits per heavy atom. The predicted octanol–water partition coefficient (Wildman–Crippen LogP) is 6.47. The molecule has 0 bridgehead atoms. The molecule has 2 aromatic rings. The molecule has 8 heteroatoms. The Labute approximate surface area is 220 Å².